The van der Waals surface area contributed by atoms with Gasteiger partial charge in [-0.3, -0.25) is 14.2 Å². The van der Waals surface area contributed by atoms with Crippen LogP contribution in [0.15, 0.2) is 64.2 Å². The highest BCUT2D eigenvalue weighted by Gasteiger charge is 2.20. The molecule has 2 aromatic carbocycles. The van der Waals surface area contributed by atoms with Crippen LogP contribution in [0.2, 0.25) is 0 Å². The second-order valence-electron chi connectivity index (χ2n) is 7.81. The van der Waals surface area contributed by atoms with Gasteiger partial charge in [0.05, 0.1) is 23.7 Å². The third-order valence-electron chi connectivity index (χ3n) is 5.41. The highest BCUT2D eigenvalue weighted by atomic mass is 16.5. The van der Waals surface area contributed by atoms with Crippen LogP contribution in [0.4, 0.5) is 0 Å². The number of rotatable bonds is 6. The summed E-state index contributed by atoms with van der Waals surface area (Å²) in [6, 6.07) is 14.7. The summed E-state index contributed by atoms with van der Waals surface area (Å²) >= 11 is 0. The Morgan fingerprint density at radius 1 is 1.22 bits per heavy atom. The van der Waals surface area contributed by atoms with E-state index in [9.17, 15) is 9.59 Å². The zero-order valence-electron chi connectivity index (χ0n) is 17.5. The van der Waals surface area contributed by atoms with Crippen LogP contribution >= 0.6 is 0 Å². The number of nitrogens with zero attached hydrogens (tertiary/aromatic N) is 3. The van der Waals surface area contributed by atoms with Crippen molar-refractivity contribution in [2.75, 3.05) is 0 Å². The molecule has 0 saturated carbocycles. The van der Waals surface area contributed by atoms with Gasteiger partial charge in [-0.25, -0.2) is 4.98 Å². The van der Waals surface area contributed by atoms with Gasteiger partial charge in [-0.05, 0) is 42.8 Å². The van der Waals surface area contributed by atoms with Gasteiger partial charge in [0.15, 0.2) is 5.76 Å². The van der Waals surface area contributed by atoms with Gasteiger partial charge in [-0.1, -0.05) is 17.3 Å². The second kappa shape index (κ2) is 8.30. The minimum Gasteiger partial charge on any atom is -0.490 e. The minimum absolute atomic E-state index is 0.00170. The average molecular weight is 431 g/mol. The summed E-state index contributed by atoms with van der Waals surface area (Å²) in [5.41, 5.74) is 3.00. The van der Waals surface area contributed by atoms with Gasteiger partial charge in [-0.2, -0.15) is 0 Å². The van der Waals surface area contributed by atoms with Crippen molar-refractivity contribution in [2.24, 2.45) is 0 Å². The number of aromatic nitrogens is 3. The summed E-state index contributed by atoms with van der Waals surface area (Å²) in [5, 5.41) is 4.51. The minimum atomic E-state index is -0.432. The van der Waals surface area contributed by atoms with Crippen LogP contribution in [0.25, 0.3) is 22.2 Å². The normalized spacial score (nSPS) is 14.8. The Labute approximate surface area is 183 Å². The summed E-state index contributed by atoms with van der Waals surface area (Å²) < 4.78 is 17.9. The van der Waals surface area contributed by atoms with E-state index in [1.54, 1.807) is 24.3 Å². The number of esters is 1. The molecule has 1 aliphatic rings. The van der Waals surface area contributed by atoms with Crippen molar-refractivity contribution in [2.45, 2.75) is 39.0 Å². The van der Waals surface area contributed by atoms with E-state index in [0.29, 0.717) is 22.4 Å². The summed E-state index contributed by atoms with van der Waals surface area (Å²) in [6.07, 6.45) is 2.53. The number of fused-ring (bicyclic) bond motifs is 2. The van der Waals surface area contributed by atoms with E-state index in [1.807, 2.05) is 31.2 Å². The van der Waals surface area contributed by atoms with Gasteiger partial charge in [0, 0.05) is 24.6 Å². The number of ether oxygens (including phenoxy) is 2. The Morgan fingerprint density at radius 2 is 2.09 bits per heavy atom. The maximum Gasteiger partial charge on any atom is 0.307 e. The van der Waals surface area contributed by atoms with Crippen LogP contribution in [0.1, 0.15) is 24.6 Å². The van der Waals surface area contributed by atoms with Crippen molar-refractivity contribution in [3.05, 3.63) is 76.5 Å². The Hall–Kier alpha value is -3.94. The molecule has 8 heteroatoms. The average Bonchev–Trinajstić information content (AvgIpc) is 3.42. The molecule has 1 aliphatic heterocycles. The molecule has 1 atom stereocenters. The molecule has 0 N–H and O–H groups in total. The maximum absolute atomic E-state index is 12.5. The third kappa shape index (κ3) is 3.99. The van der Waals surface area contributed by atoms with E-state index in [4.69, 9.17) is 14.0 Å². The fraction of sp³-hybridized carbons (Fsp3) is 0.250. The van der Waals surface area contributed by atoms with Gasteiger partial charge in [0.2, 0.25) is 0 Å². The number of carbonyl (C=O) groups excluding carboxylic acids is 1. The lowest BCUT2D eigenvalue weighted by molar-refractivity contribution is -0.145. The molecule has 8 nitrogen and oxygen atoms in total. The van der Waals surface area contributed by atoms with Gasteiger partial charge in [0.1, 0.15) is 24.2 Å². The molecule has 162 valence electrons. The lowest BCUT2D eigenvalue weighted by atomic mass is 10.1. The van der Waals surface area contributed by atoms with Crippen LogP contribution in [0, 0.1) is 0 Å². The van der Waals surface area contributed by atoms with E-state index in [1.165, 1.54) is 10.9 Å². The fourth-order valence-corrected chi connectivity index (χ4v) is 3.79. The fourth-order valence-electron chi connectivity index (χ4n) is 3.79. The predicted octanol–water partition coefficient (Wildman–Crippen LogP) is 3.51. The Morgan fingerprint density at radius 3 is 3.00 bits per heavy atom. The zero-order chi connectivity index (χ0) is 22.1. The first-order chi connectivity index (χ1) is 15.6. The Kier molecular flexibility index (Phi) is 5.18. The monoisotopic (exact) mass is 431 g/mol. The molecule has 2 aromatic heterocycles. The quantitative estimate of drug-likeness (QED) is 0.431. The van der Waals surface area contributed by atoms with Gasteiger partial charge in [0.25, 0.3) is 5.56 Å². The van der Waals surface area contributed by atoms with Crippen molar-refractivity contribution in [1.29, 1.82) is 0 Å². The van der Waals surface area contributed by atoms with Crippen LogP contribution in [0.5, 0.6) is 5.75 Å². The number of hydrogen-bond donors (Lipinski definition) is 0. The summed E-state index contributed by atoms with van der Waals surface area (Å²) in [4.78, 5) is 28.9. The molecule has 0 fully saturated rings. The van der Waals surface area contributed by atoms with Crippen molar-refractivity contribution in [3.63, 3.8) is 0 Å². The molecule has 4 aromatic rings. The molecule has 0 bridgehead atoms. The Balaban J connectivity index is 1.18. The number of hydrogen-bond acceptors (Lipinski definition) is 7. The van der Waals surface area contributed by atoms with E-state index < -0.39 is 5.97 Å². The molecule has 0 saturated heterocycles. The standard InChI is InChI=1S/C24H21N3O5/c1-15-10-17-11-16(6-7-21(17)31-15)22-12-18(26-32-22)13-30-23(28)8-9-27-14-25-20-5-3-2-4-19(20)24(27)29/h2-7,11-12,14-15H,8-10,13H2,1H3/t15-/m1/s1. The molecule has 32 heavy (non-hydrogen) atoms. The van der Waals surface area contributed by atoms with Crippen LogP contribution < -0.4 is 10.3 Å². The molecule has 0 radical (unpaired) electrons. The first-order valence-electron chi connectivity index (χ1n) is 10.4. The molecule has 0 aliphatic carbocycles. The van der Waals surface area contributed by atoms with Gasteiger partial charge < -0.3 is 14.0 Å². The zero-order valence-corrected chi connectivity index (χ0v) is 17.5. The summed E-state index contributed by atoms with van der Waals surface area (Å²) in [5.74, 6) is 1.07. The molecule has 3 heterocycles. The molecule has 0 amide bonds. The van der Waals surface area contributed by atoms with Crippen molar-refractivity contribution < 1.29 is 18.8 Å². The lowest BCUT2D eigenvalue weighted by Crippen LogP contribution is -2.22. The highest BCUT2D eigenvalue weighted by Crippen LogP contribution is 2.33. The van der Waals surface area contributed by atoms with E-state index in [0.717, 1.165) is 23.3 Å². The number of carbonyl (C=O) groups is 1. The third-order valence-corrected chi connectivity index (χ3v) is 5.41. The van der Waals surface area contributed by atoms with Crippen LogP contribution in [-0.2, 0) is 29.1 Å². The SMILES string of the molecule is C[C@@H]1Cc2cc(-c3cc(COC(=O)CCn4cnc5ccccc5c4=O)no3)ccc2O1. The van der Waals surface area contributed by atoms with Crippen molar-refractivity contribution in [3.8, 4) is 17.1 Å². The van der Waals surface area contributed by atoms with Crippen molar-refractivity contribution in [1.82, 2.24) is 14.7 Å². The number of aryl methyl sites for hydroxylation is 1. The molecule has 0 spiro atoms. The maximum atomic E-state index is 12.5. The second-order valence-corrected chi connectivity index (χ2v) is 7.81. The first kappa shape index (κ1) is 20.0. The largest absolute Gasteiger partial charge is 0.490 e. The lowest BCUT2D eigenvalue weighted by Gasteiger charge is -2.06. The van der Waals surface area contributed by atoms with Crippen molar-refractivity contribution >= 4 is 16.9 Å². The number of benzene rings is 2. The van der Waals surface area contributed by atoms with Gasteiger partial charge >= 0.3 is 5.97 Å². The number of para-hydroxylation sites is 1. The van der Waals surface area contributed by atoms with Crippen LogP contribution in [0.3, 0.4) is 0 Å². The summed E-state index contributed by atoms with van der Waals surface area (Å²) in [7, 11) is 0. The molecular formula is C24H21N3O5. The topological polar surface area (TPSA) is 96.5 Å². The molecule has 0 unspecified atom stereocenters. The van der Waals surface area contributed by atoms with Crippen LogP contribution in [-0.4, -0.2) is 26.8 Å². The first-order valence-corrected chi connectivity index (χ1v) is 10.4. The predicted molar refractivity (Wildman–Crippen MR) is 116 cm³/mol. The molecular weight excluding hydrogens is 410 g/mol. The smallest absolute Gasteiger partial charge is 0.307 e. The summed E-state index contributed by atoms with van der Waals surface area (Å²) in [6.45, 7) is 2.22. The highest BCUT2D eigenvalue weighted by molar-refractivity contribution is 5.77. The van der Waals surface area contributed by atoms with E-state index in [2.05, 4.69) is 10.1 Å². The van der Waals surface area contributed by atoms with Gasteiger partial charge in [-0.15, -0.1) is 0 Å². The van der Waals surface area contributed by atoms with E-state index in [-0.39, 0.29) is 31.2 Å². The van der Waals surface area contributed by atoms with E-state index >= 15 is 0 Å². The Bertz CT molecular complexity index is 1360. The molecule has 5 rings (SSSR count).